The number of aryl methyl sites for hydroxylation is 2. The van der Waals surface area contributed by atoms with Crippen molar-refractivity contribution in [1.82, 2.24) is 0 Å². The van der Waals surface area contributed by atoms with Gasteiger partial charge >= 0.3 is 0 Å². The van der Waals surface area contributed by atoms with E-state index in [1.165, 1.54) is 0 Å². The first kappa shape index (κ1) is 9.07. The largest absolute Gasteiger partial charge is 0.398 e. The topological polar surface area (TPSA) is 46.2 Å². The van der Waals surface area contributed by atoms with E-state index in [1.807, 2.05) is 26.0 Å². The molecule has 0 fully saturated rings. The second kappa shape index (κ2) is 3.59. The number of nitrogens with two attached hydrogens (primary N) is 1. The summed E-state index contributed by atoms with van der Waals surface area (Å²) in [4.78, 5) is 0. The molecule has 66 valence electrons. The molecule has 0 amide bonds. The molecule has 0 atom stereocenters. The highest BCUT2D eigenvalue weighted by Gasteiger charge is 2.00. The van der Waals surface area contributed by atoms with Crippen LogP contribution in [0.5, 0.6) is 0 Å². The highest BCUT2D eigenvalue weighted by molar-refractivity contribution is 5.54. The minimum Gasteiger partial charge on any atom is -0.398 e. The second-order valence-electron chi connectivity index (χ2n) is 3.12. The van der Waals surface area contributed by atoms with Gasteiger partial charge in [0.25, 0.3) is 0 Å². The summed E-state index contributed by atoms with van der Waals surface area (Å²) in [6.45, 7) is 4.18. The van der Waals surface area contributed by atoms with Gasteiger partial charge in [-0.15, -0.1) is 0 Å². The maximum atomic E-state index is 8.74. The van der Waals surface area contributed by atoms with E-state index in [9.17, 15) is 0 Å². The lowest BCUT2D eigenvalue weighted by molar-refractivity contribution is 0.299. The molecule has 1 aromatic carbocycles. The van der Waals surface area contributed by atoms with E-state index in [1.54, 1.807) is 0 Å². The zero-order valence-corrected chi connectivity index (χ0v) is 7.59. The lowest BCUT2D eigenvalue weighted by Crippen LogP contribution is -1.97. The van der Waals surface area contributed by atoms with Crippen LogP contribution in [0.1, 0.15) is 16.7 Å². The molecule has 1 rings (SSSR count). The van der Waals surface area contributed by atoms with Gasteiger partial charge in [0.1, 0.15) is 0 Å². The van der Waals surface area contributed by atoms with Crippen LogP contribution in [0.2, 0.25) is 0 Å². The van der Waals surface area contributed by atoms with Gasteiger partial charge in [0, 0.05) is 12.3 Å². The van der Waals surface area contributed by atoms with Crippen LogP contribution in [0.25, 0.3) is 0 Å². The summed E-state index contributed by atoms with van der Waals surface area (Å²) >= 11 is 0. The third kappa shape index (κ3) is 1.77. The van der Waals surface area contributed by atoms with E-state index >= 15 is 0 Å². The Morgan fingerprint density at radius 3 is 2.17 bits per heavy atom. The van der Waals surface area contributed by atoms with Crippen molar-refractivity contribution in [2.24, 2.45) is 0 Å². The molecule has 2 nitrogen and oxygen atoms in total. The van der Waals surface area contributed by atoms with Gasteiger partial charge in [0.05, 0.1) is 0 Å². The SMILES string of the molecule is Cc1cc(CCO)cc(C)c1N. The van der Waals surface area contributed by atoms with Gasteiger partial charge in [-0.1, -0.05) is 12.1 Å². The van der Waals surface area contributed by atoms with E-state index in [0.717, 1.165) is 22.4 Å². The van der Waals surface area contributed by atoms with Crippen LogP contribution in [0, 0.1) is 13.8 Å². The molecule has 1 aromatic rings. The minimum absolute atomic E-state index is 0.197. The molecule has 0 radical (unpaired) electrons. The average Bonchev–Trinajstić information content (AvgIpc) is 2.01. The van der Waals surface area contributed by atoms with E-state index in [4.69, 9.17) is 10.8 Å². The summed E-state index contributed by atoms with van der Waals surface area (Å²) in [6, 6.07) is 4.05. The Hall–Kier alpha value is -1.02. The van der Waals surface area contributed by atoms with E-state index in [2.05, 4.69) is 0 Å². The van der Waals surface area contributed by atoms with Crippen LogP contribution >= 0.6 is 0 Å². The van der Waals surface area contributed by atoms with Crippen molar-refractivity contribution in [2.75, 3.05) is 12.3 Å². The fourth-order valence-electron chi connectivity index (χ4n) is 1.34. The summed E-state index contributed by atoms with van der Waals surface area (Å²) in [5, 5.41) is 8.74. The Bertz CT molecular complexity index is 258. The Kier molecular flexibility index (Phi) is 2.71. The quantitative estimate of drug-likeness (QED) is 0.651. The first-order chi connectivity index (χ1) is 5.65. The summed E-state index contributed by atoms with van der Waals surface area (Å²) in [5.41, 5.74) is 9.99. The van der Waals surface area contributed by atoms with Crippen molar-refractivity contribution in [3.63, 3.8) is 0 Å². The maximum Gasteiger partial charge on any atom is 0.0471 e. The van der Waals surface area contributed by atoms with Crippen molar-refractivity contribution >= 4 is 5.69 Å². The molecule has 3 N–H and O–H groups in total. The molecule has 0 aliphatic carbocycles. The van der Waals surface area contributed by atoms with Crippen LogP contribution in [-0.4, -0.2) is 11.7 Å². The molecule has 0 bridgehead atoms. The predicted octanol–water partition coefficient (Wildman–Crippen LogP) is 1.42. The van der Waals surface area contributed by atoms with Crippen molar-refractivity contribution < 1.29 is 5.11 Å². The summed E-state index contributed by atoms with van der Waals surface area (Å²) in [7, 11) is 0. The molecular formula is C10H15NO. The third-order valence-electron chi connectivity index (χ3n) is 2.05. The molecular weight excluding hydrogens is 150 g/mol. The smallest absolute Gasteiger partial charge is 0.0471 e. The fourth-order valence-corrected chi connectivity index (χ4v) is 1.34. The summed E-state index contributed by atoms with van der Waals surface area (Å²) in [6.07, 6.45) is 0.710. The van der Waals surface area contributed by atoms with E-state index < -0.39 is 0 Å². The van der Waals surface area contributed by atoms with Crippen LogP contribution in [0.4, 0.5) is 5.69 Å². The Labute approximate surface area is 73.0 Å². The summed E-state index contributed by atoms with van der Waals surface area (Å²) < 4.78 is 0. The molecule has 0 unspecified atom stereocenters. The first-order valence-electron chi connectivity index (χ1n) is 4.11. The van der Waals surface area contributed by atoms with Crippen LogP contribution in [0.15, 0.2) is 12.1 Å². The highest BCUT2D eigenvalue weighted by atomic mass is 16.2. The molecule has 0 aliphatic rings. The van der Waals surface area contributed by atoms with E-state index in [-0.39, 0.29) is 6.61 Å². The van der Waals surface area contributed by atoms with Crippen LogP contribution in [0.3, 0.4) is 0 Å². The molecule has 2 heteroatoms. The van der Waals surface area contributed by atoms with Crippen LogP contribution < -0.4 is 5.73 Å². The highest BCUT2D eigenvalue weighted by Crippen LogP contribution is 2.18. The molecule has 0 heterocycles. The number of aliphatic hydroxyl groups is 1. The lowest BCUT2D eigenvalue weighted by Gasteiger charge is -2.07. The van der Waals surface area contributed by atoms with Crippen molar-refractivity contribution in [3.8, 4) is 0 Å². The van der Waals surface area contributed by atoms with Crippen molar-refractivity contribution in [2.45, 2.75) is 20.3 Å². The average molecular weight is 165 g/mol. The maximum absolute atomic E-state index is 8.74. The van der Waals surface area contributed by atoms with Gasteiger partial charge in [-0.2, -0.15) is 0 Å². The number of nitrogen functional groups attached to an aromatic ring is 1. The van der Waals surface area contributed by atoms with Gasteiger partial charge in [-0.25, -0.2) is 0 Å². The molecule has 0 saturated heterocycles. The van der Waals surface area contributed by atoms with Gasteiger partial charge < -0.3 is 10.8 Å². The van der Waals surface area contributed by atoms with Crippen molar-refractivity contribution in [3.05, 3.63) is 28.8 Å². The predicted molar refractivity (Wildman–Crippen MR) is 51.1 cm³/mol. The zero-order valence-electron chi connectivity index (χ0n) is 7.59. The van der Waals surface area contributed by atoms with Gasteiger partial charge in [-0.3, -0.25) is 0 Å². The van der Waals surface area contributed by atoms with Crippen molar-refractivity contribution in [1.29, 1.82) is 0 Å². The van der Waals surface area contributed by atoms with Gasteiger partial charge in [0.15, 0.2) is 0 Å². The molecule has 0 aromatic heterocycles. The Morgan fingerprint density at radius 2 is 1.75 bits per heavy atom. The Balaban J connectivity index is 3.04. The number of rotatable bonds is 2. The molecule has 0 spiro atoms. The van der Waals surface area contributed by atoms with Gasteiger partial charge in [-0.05, 0) is 37.0 Å². The van der Waals surface area contributed by atoms with Gasteiger partial charge in [0.2, 0.25) is 0 Å². The first-order valence-corrected chi connectivity index (χ1v) is 4.11. The Morgan fingerprint density at radius 1 is 1.25 bits per heavy atom. The third-order valence-corrected chi connectivity index (χ3v) is 2.05. The number of aliphatic hydroxyl groups excluding tert-OH is 1. The second-order valence-corrected chi connectivity index (χ2v) is 3.12. The molecule has 12 heavy (non-hydrogen) atoms. The fraction of sp³-hybridized carbons (Fsp3) is 0.400. The number of anilines is 1. The molecule has 0 aliphatic heterocycles. The summed E-state index contributed by atoms with van der Waals surface area (Å²) in [5.74, 6) is 0. The standard InChI is InChI=1S/C10H15NO/c1-7-5-9(3-4-12)6-8(2)10(7)11/h5-6,12H,3-4,11H2,1-2H3. The lowest BCUT2D eigenvalue weighted by atomic mass is 10.0. The normalized spacial score (nSPS) is 10.2. The number of hydrogen-bond acceptors (Lipinski definition) is 2. The zero-order chi connectivity index (χ0) is 9.14. The van der Waals surface area contributed by atoms with E-state index in [0.29, 0.717) is 6.42 Å². The number of benzene rings is 1. The number of hydrogen-bond donors (Lipinski definition) is 2. The molecule has 0 saturated carbocycles. The monoisotopic (exact) mass is 165 g/mol. The minimum atomic E-state index is 0.197. The van der Waals surface area contributed by atoms with Crippen LogP contribution in [-0.2, 0) is 6.42 Å².